The number of halogens is 1. The topological polar surface area (TPSA) is 143 Å². The minimum absolute atomic E-state index is 0.0624. The number of hydrogen-bond acceptors (Lipinski definition) is 6. The zero-order chi connectivity index (χ0) is 21.9. The van der Waals surface area contributed by atoms with E-state index in [1.165, 1.54) is 24.3 Å². The predicted octanol–water partition coefficient (Wildman–Crippen LogP) is 3.65. The van der Waals surface area contributed by atoms with Crippen LogP contribution in [0.15, 0.2) is 53.4 Å². The normalized spacial score (nSPS) is 11.0. The quantitative estimate of drug-likeness (QED) is 0.454. The van der Waals surface area contributed by atoms with Gasteiger partial charge in [-0.25, -0.2) is 23.3 Å². The summed E-state index contributed by atoms with van der Waals surface area (Å²) in [5.41, 5.74) is 1.36. The van der Waals surface area contributed by atoms with E-state index in [1.807, 2.05) is 0 Å². The molecule has 5 N–H and O–H groups in total. The number of benzene rings is 2. The summed E-state index contributed by atoms with van der Waals surface area (Å²) in [6.45, 7) is 1.64. The highest BCUT2D eigenvalue weighted by Gasteiger charge is 2.17. The van der Waals surface area contributed by atoms with Gasteiger partial charge in [0.05, 0.1) is 10.6 Å². The summed E-state index contributed by atoms with van der Waals surface area (Å²) in [6, 6.07) is 11.5. The molecule has 0 spiro atoms. The molecule has 0 saturated heterocycles. The second-order valence-corrected chi connectivity index (χ2v) is 9.04. The molecule has 3 amide bonds. The summed E-state index contributed by atoms with van der Waals surface area (Å²) in [5.74, 6) is -0.445. The average molecular weight is 466 g/mol. The number of aryl methyl sites for hydroxylation is 1. The Morgan fingerprint density at radius 1 is 0.967 bits per heavy atom. The lowest BCUT2D eigenvalue weighted by Gasteiger charge is -2.05. The maximum atomic E-state index is 12.5. The number of carbonyl (C=O) groups is 2. The number of anilines is 3. The minimum Gasteiger partial charge on any atom is -0.321 e. The summed E-state index contributed by atoms with van der Waals surface area (Å²) < 4.78 is 22.6. The van der Waals surface area contributed by atoms with Crippen molar-refractivity contribution >= 4 is 61.4 Å². The average Bonchev–Trinajstić information content (AvgIpc) is 3.03. The molecule has 12 heteroatoms. The molecule has 0 aliphatic carbocycles. The number of primary sulfonamides is 1. The smallest absolute Gasteiger partial charge is 0.321 e. The van der Waals surface area contributed by atoms with E-state index in [2.05, 4.69) is 20.9 Å². The molecule has 156 valence electrons. The second kappa shape index (κ2) is 8.79. The zero-order valence-electron chi connectivity index (χ0n) is 15.5. The Hall–Kier alpha value is -2.99. The zero-order valence-corrected chi connectivity index (χ0v) is 17.9. The van der Waals surface area contributed by atoms with E-state index in [-0.39, 0.29) is 10.0 Å². The Kier molecular flexibility index (Phi) is 6.37. The first kappa shape index (κ1) is 21.7. The van der Waals surface area contributed by atoms with Crippen molar-refractivity contribution in [3.63, 3.8) is 0 Å². The maximum absolute atomic E-state index is 12.5. The maximum Gasteiger partial charge on any atom is 0.325 e. The lowest BCUT2D eigenvalue weighted by Crippen LogP contribution is -2.19. The number of hydrogen-bond donors (Lipinski definition) is 4. The van der Waals surface area contributed by atoms with Crippen LogP contribution in [0.25, 0.3) is 0 Å². The number of sulfonamides is 1. The fourth-order valence-electron chi connectivity index (χ4n) is 2.37. The van der Waals surface area contributed by atoms with Crippen molar-refractivity contribution in [1.29, 1.82) is 0 Å². The van der Waals surface area contributed by atoms with Crippen LogP contribution in [0.1, 0.15) is 15.4 Å². The first-order chi connectivity index (χ1) is 14.1. The molecular formula is C18H16ClN5O4S2. The molecule has 2 aromatic carbocycles. The van der Waals surface area contributed by atoms with Crippen LogP contribution in [0.3, 0.4) is 0 Å². The lowest BCUT2D eigenvalue weighted by molar-refractivity contribution is 0.102. The molecule has 0 radical (unpaired) electrons. The van der Waals surface area contributed by atoms with Crippen molar-refractivity contribution in [3.05, 3.63) is 64.1 Å². The van der Waals surface area contributed by atoms with Crippen molar-refractivity contribution in [2.75, 3.05) is 16.0 Å². The van der Waals surface area contributed by atoms with Crippen molar-refractivity contribution < 1.29 is 18.0 Å². The number of nitrogens with zero attached hydrogens (tertiary/aromatic N) is 1. The van der Waals surface area contributed by atoms with Gasteiger partial charge in [0.25, 0.3) is 5.91 Å². The highest BCUT2D eigenvalue weighted by atomic mass is 35.5. The largest absolute Gasteiger partial charge is 0.325 e. The van der Waals surface area contributed by atoms with Gasteiger partial charge in [-0.3, -0.25) is 10.1 Å². The Morgan fingerprint density at radius 2 is 1.53 bits per heavy atom. The third-order valence-electron chi connectivity index (χ3n) is 3.77. The van der Waals surface area contributed by atoms with Crippen LogP contribution in [-0.2, 0) is 10.0 Å². The van der Waals surface area contributed by atoms with E-state index >= 15 is 0 Å². The third-order valence-corrected chi connectivity index (χ3v) is 6.02. The molecule has 0 bridgehead atoms. The minimum atomic E-state index is -3.81. The highest BCUT2D eigenvalue weighted by Crippen LogP contribution is 2.24. The van der Waals surface area contributed by atoms with Crippen LogP contribution < -0.4 is 21.1 Å². The summed E-state index contributed by atoms with van der Waals surface area (Å²) in [6.07, 6.45) is 0. The van der Waals surface area contributed by atoms with Gasteiger partial charge in [-0.15, -0.1) is 0 Å². The Balaban J connectivity index is 1.65. The first-order valence-corrected chi connectivity index (χ1v) is 11.1. The molecule has 30 heavy (non-hydrogen) atoms. The molecule has 0 aliphatic rings. The summed E-state index contributed by atoms with van der Waals surface area (Å²) in [4.78, 5) is 29.0. The summed E-state index contributed by atoms with van der Waals surface area (Å²) >= 11 is 6.81. The number of rotatable bonds is 5. The van der Waals surface area contributed by atoms with Crippen LogP contribution in [0, 0.1) is 6.92 Å². The van der Waals surface area contributed by atoms with E-state index in [0.29, 0.717) is 27.0 Å². The molecule has 9 nitrogen and oxygen atoms in total. The number of nitrogens with two attached hydrogens (primary N) is 1. The van der Waals surface area contributed by atoms with Gasteiger partial charge in [-0.1, -0.05) is 22.9 Å². The van der Waals surface area contributed by atoms with Crippen molar-refractivity contribution in [3.8, 4) is 0 Å². The van der Waals surface area contributed by atoms with Gasteiger partial charge in [0.2, 0.25) is 10.0 Å². The van der Waals surface area contributed by atoms with Gasteiger partial charge < -0.3 is 10.6 Å². The molecule has 0 saturated carbocycles. The molecule has 3 rings (SSSR count). The van der Waals surface area contributed by atoms with Gasteiger partial charge in [-0.05, 0) is 55.5 Å². The molecule has 0 fully saturated rings. The highest BCUT2D eigenvalue weighted by molar-refractivity contribution is 7.89. The van der Waals surface area contributed by atoms with E-state index < -0.39 is 22.0 Å². The first-order valence-electron chi connectivity index (χ1n) is 8.37. The van der Waals surface area contributed by atoms with Gasteiger partial charge in [0.15, 0.2) is 5.13 Å². The van der Waals surface area contributed by atoms with Crippen LogP contribution in [0.2, 0.25) is 5.02 Å². The Bertz CT molecular complexity index is 1190. The number of thiazole rings is 1. The number of nitrogens with one attached hydrogen (secondary N) is 3. The van der Waals surface area contributed by atoms with Crippen LogP contribution in [0.5, 0.6) is 0 Å². The molecular weight excluding hydrogens is 450 g/mol. The van der Waals surface area contributed by atoms with E-state index in [0.717, 1.165) is 11.3 Å². The van der Waals surface area contributed by atoms with Crippen molar-refractivity contribution in [1.82, 2.24) is 4.98 Å². The Labute approximate surface area is 181 Å². The van der Waals surface area contributed by atoms with Crippen LogP contribution in [0.4, 0.5) is 21.3 Å². The summed E-state index contributed by atoms with van der Waals surface area (Å²) in [7, 11) is -3.81. The van der Waals surface area contributed by atoms with E-state index in [9.17, 15) is 18.0 Å². The van der Waals surface area contributed by atoms with Crippen molar-refractivity contribution in [2.24, 2.45) is 5.14 Å². The standard InChI is InChI=1S/C18H16ClN5O4S2/c1-10-15(16(25)22-12-6-8-14(9-7-12)30(20,27)28)29-18(21-10)24-17(26)23-13-4-2-11(19)3-5-13/h2-9H,1H3,(H,22,25)(H2,20,27,28)(H2,21,23,24,26). The molecule has 3 aromatic rings. The lowest BCUT2D eigenvalue weighted by atomic mass is 10.3. The van der Waals surface area contributed by atoms with E-state index in [4.69, 9.17) is 16.7 Å². The number of urea groups is 1. The number of aromatic nitrogens is 1. The Morgan fingerprint density at radius 3 is 2.13 bits per heavy atom. The number of amides is 3. The van der Waals surface area contributed by atoms with Crippen LogP contribution >= 0.6 is 22.9 Å². The van der Waals surface area contributed by atoms with Gasteiger partial charge in [-0.2, -0.15) is 0 Å². The summed E-state index contributed by atoms with van der Waals surface area (Å²) in [5, 5.41) is 13.7. The number of carbonyl (C=O) groups excluding carboxylic acids is 2. The van der Waals surface area contributed by atoms with Gasteiger partial charge in [0.1, 0.15) is 4.88 Å². The fourth-order valence-corrected chi connectivity index (χ4v) is 3.87. The molecule has 0 unspecified atom stereocenters. The predicted molar refractivity (Wildman–Crippen MR) is 117 cm³/mol. The molecule has 1 heterocycles. The van der Waals surface area contributed by atoms with Crippen LogP contribution in [-0.4, -0.2) is 25.3 Å². The van der Waals surface area contributed by atoms with Gasteiger partial charge in [0, 0.05) is 16.4 Å². The fraction of sp³-hybridized carbons (Fsp3) is 0.0556. The molecule has 0 aliphatic heterocycles. The SMILES string of the molecule is Cc1nc(NC(=O)Nc2ccc(Cl)cc2)sc1C(=O)Nc1ccc(S(N)(=O)=O)cc1. The second-order valence-electron chi connectivity index (χ2n) is 6.04. The molecule has 1 aromatic heterocycles. The monoisotopic (exact) mass is 465 g/mol. The molecule has 0 atom stereocenters. The van der Waals surface area contributed by atoms with Gasteiger partial charge >= 0.3 is 6.03 Å². The van der Waals surface area contributed by atoms with Crippen molar-refractivity contribution in [2.45, 2.75) is 11.8 Å². The van der Waals surface area contributed by atoms with E-state index in [1.54, 1.807) is 31.2 Å². The third kappa shape index (κ3) is 5.54.